The Hall–Kier alpha value is -1.36. The van der Waals surface area contributed by atoms with Crippen LogP contribution in [0.1, 0.15) is 19.3 Å². The molecule has 1 aliphatic heterocycles. The zero-order valence-electron chi connectivity index (χ0n) is 8.63. The number of hydrogen-bond donors (Lipinski definition) is 0. The van der Waals surface area contributed by atoms with Crippen molar-refractivity contribution in [3.05, 3.63) is 23.8 Å². The van der Waals surface area contributed by atoms with E-state index in [9.17, 15) is 0 Å². The Bertz CT molecular complexity index is 397. The molecule has 1 saturated carbocycles. The molecule has 0 radical (unpaired) electrons. The smallest absolute Gasteiger partial charge is 0.0988 e. The minimum Gasteiger partial charge on any atom is -0.294 e. The van der Waals surface area contributed by atoms with Crippen molar-refractivity contribution in [1.29, 1.82) is 5.26 Å². The summed E-state index contributed by atoms with van der Waals surface area (Å²) in [5.41, 5.74) is 0.834. The van der Waals surface area contributed by atoms with Crippen molar-refractivity contribution in [2.45, 2.75) is 25.3 Å². The van der Waals surface area contributed by atoms with Gasteiger partial charge in [-0.2, -0.15) is 5.26 Å². The van der Waals surface area contributed by atoms with E-state index in [4.69, 9.17) is 5.26 Å². The van der Waals surface area contributed by atoms with E-state index in [1.54, 1.807) is 0 Å². The molecule has 1 fully saturated rings. The fourth-order valence-electron chi connectivity index (χ4n) is 3.20. The first kappa shape index (κ1) is 8.91. The van der Waals surface area contributed by atoms with Gasteiger partial charge in [0.1, 0.15) is 0 Å². The molecule has 3 aliphatic rings. The second-order valence-corrected chi connectivity index (χ2v) is 4.79. The van der Waals surface area contributed by atoms with Gasteiger partial charge in [-0.3, -0.25) is 4.99 Å². The van der Waals surface area contributed by atoms with E-state index < -0.39 is 0 Å². The minimum absolute atomic E-state index is 0.521. The highest BCUT2D eigenvalue weighted by Gasteiger charge is 2.37. The van der Waals surface area contributed by atoms with Gasteiger partial charge >= 0.3 is 0 Å². The fraction of sp³-hybridized carbons (Fsp3) is 0.538. The summed E-state index contributed by atoms with van der Waals surface area (Å²) in [6.07, 6.45) is 12.0. The van der Waals surface area contributed by atoms with Crippen LogP contribution in [-0.4, -0.2) is 12.3 Å². The van der Waals surface area contributed by atoms with Crippen LogP contribution in [0.25, 0.3) is 0 Å². The first-order valence-corrected chi connectivity index (χ1v) is 5.68. The number of nitrogens with zero attached hydrogens (tertiary/aromatic N) is 2. The standard InChI is InChI=1S/C13H14N2/c14-8-9-1-2-13-10-3-4-15-12(6-10)7-11(13)5-9/h1-2,4-5,10-13H,3,6-7H2. The Morgan fingerprint density at radius 3 is 3.20 bits per heavy atom. The predicted octanol–water partition coefficient (Wildman–Crippen LogP) is 2.49. The highest BCUT2D eigenvalue weighted by atomic mass is 14.8. The van der Waals surface area contributed by atoms with E-state index in [2.05, 4.69) is 29.4 Å². The van der Waals surface area contributed by atoms with Crippen LogP contribution >= 0.6 is 0 Å². The Balaban J connectivity index is 1.91. The topological polar surface area (TPSA) is 36.1 Å². The maximum Gasteiger partial charge on any atom is 0.0988 e. The molecule has 2 nitrogen and oxygen atoms in total. The minimum atomic E-state index is 0.521. The molecule has 4 atom stereocenters. The van der Waals surface area contributed by atoms with Crippen LogP contribution in [0.3, 0.4) is 0 Å². The number of allylic oxidation sites excluding steroid dienone is 4. The van der Waals surface area contributed by atoms with Gasteiger partial charge in [-0.1, -0.05) is 12.2 Å². The van der Waals surface area contributed by atoms with Gasteiger partial charge in [0.2, 0.25) is 0 Å². The maximum atomic E-state index is 8.89. The normalized spacial score (nSPS) is 41.7. The summed E-state index contributed by atoms with van der Waals surface area (Å²) in [4.78, 5) is 4.53. The lowest BCUT2D eigenvalue weighted by Crippen LogP contribution is -2.36. The lowest BCUT2D eigenvalue weighted by atomic mass is 9.66. The molecule has 0 N–H and O–H groups in total. The average molecular weight is 198 g/mol. The van der Waals surface area contributed by atoms with E-state index in [-0.39, 0.29) is 0 Å². The van der Waals surface area contributed by atoms with Gasteiger partial charge in [0.15, 0.2) is 0 Å². The number of nitriles is 1. The largest absolute Gasteiger partial charge is 0.294 e. The molecule has 15 heavy (non-hydrogen) atoms. The van der Waals surface area contributed by atoms with Crippen LogP contribution in [0, 0.1) is 29.1 Å². The van der Waals surface area contributed by atoms with Gasteiger partial charge < -0.3 is 0 Å². The Labute approximate surface area is 90.0 Å². The van der Waals surface area contributed by atoms with Gasteiger partial charge in [0.25, 0.3) is 0 Å². The zero-order valence-corrected chi connectivity index (χ0v) is 8.63. The number of fused-ring (bicyclic) bond motifs is 4. The summed E-state index contributed by atoms with van der Waals surface area (Å²) in [6, 6.07) is 2.76. The van der Waals surface area contributed by atoms with Crippen LogP contribution in [0.4, 0.5) is 0 Å². The summed E-state index contributed by atoms with van der Waals surface area (Å²) in [5, 5.41) is 8.89. The number of aliphatic imine (C=N–C) groups is 1. The maximum absolute atomic E-state index is 8.89. The monoisotopic (exact) mass is 198 g/mol. The van der Waals surface area contributed by atoms with E-state index in [0.29, 0.717) is 17.9 Å². The van der Waals surface area contributed by atoms with Crippen molar-refractivity contribution in [2.75, 3.05) is 0 Å². The highest BCUT2D eigenvalue weighted by molar-refractivity contribution is 5.59. The Morgan fingerprint density at radius 2 is 2.33 bits per heavy atom. The zero-order chi connectivity index (χ0) is 10.3. The Kier molecular flexibility index (Phi) is 1.98. The number of hydrogen-bond acceptors (Lipinski definition) is 2. The summed E-state index contributed by atoms with van der Waals surface area (Å²) in [5.74, 6) is 1.98. The summed E-state index contributed by atoms with van der Waals surface area (Å²) in [6.45, 7) is 0. The van der Waals surface area contributed by atoms with Crippen LogP contribution in [0.2, 0.25) is 0 Å². The Morgan fingerprint density at radius 1 is 1.40 bits per heavy atom. The van der Waals surface area contributed by atoms with E-state index >= 15 is 0 Å². The SMILES string of the molecule is N#CC1=CC2CC3CC(CC=N3)C2C=C1. The quantitative estimate of drug-likeness (QED) is 0.589. The van der Waals surface area contributed by atoms with E-state index in [1.807, 2.05) is 6.08 Å². The van der Waals surface area contributed by atoms with Gasteiger partial charge in [0.05, 0.1) is 12.1 Å². The second kappa shape index (κ2) is 3.34. The van der Waals surface area contributed by atoms with E-state index in [1.165, 1.54) is 6.42 Å². The molecule has 0 aromatic carbocycles. The van der Waals surface area contributed by atoms with Crippen LogP contribution < -0.4 is 0 Å². The highest BCUT2D eigenvalue weighted by Crippen LogP contribution is 2.43. The number of rotatable bonds is 0. The second-order valence-electron chi connectivity index (χ2n) is 4.79. The van der Waals surface area contributed by atoms with Crippen molar-refractivity contribution >= 4 is 6.21 Å². The van der Waals surface area contributed by atoms with Crippen LogP contribution in [-0.2, 0) is 0 Å². The van der Waals surface area contributed by atoms with E-state index in [0.717, 1.165) is 24.3 Å². The van der Waals surface area contributed by atoms with Crippen molar-refractivity contribution in [1.82, 2.24) is 0 Å². The van der Waals surface area contributed by atoms with Gasteiger partial charge in [0, 0.05) is 5.57 Å². The summed E-state index contributed by atoms with van der Waals surface area (Å²) in [7, 11) is 0. The van der Waals surface area contributed by atoms with Gasteiger partial charge in [-0.15, -0.1) is 0 Å². The molecule has 1 heterocycles. The molecular weight excluding hydrogens is 184 g/mol. The summed E-state index contributed by atoms with van der Waals surface area (Å²) >= 11 is 0. The molecule has 2 aliphatic carbocycles. The van der Waals surface area contributed by atoms with Crippen LogP contribution in [0.15, 0.2) is 28.8 Å². The molecule has 4 unspecified atom stereocenters. The molecule has 0 amide bonds. The molecule has 0 saturated heterocycles. The lowest BCUT2D eigenvalue weighted by Gasteiger charge is -2.41. The molecule has 0 spiro atoms. The average Bonchev–Trinajstić information content (AvgIpc) is 2.28. The molecular formula is C13H14N2. The third-order valence-electron chi connectivity index (χ3n) is 3.90. The third kappa shape index (κ3) is 1.43. The molecule has 2 heteroatoms. The first-order valence-electron chi connectivity index (χ1n) is 5.68. The van der Waals surface area contributed by atoms with Crippen LogP contribution in [0.5, 0.6) is 0 Å². The summed E-state index contributed by atoms with van der Waals surface area (Å²) < 4.78 is 0. The molecule has 3 rings (SSSR count). The first-order chi connectivity index (χ1) is 7.36. The molecule has 0 aromatic heterocycles. The van der Waals surface area contributed by atoms with Crippen molar-refractivity contribution in [3.63, 3.8) is 0 Å². The molecule has 0 aromatic rings. The third-order valence-corrected chi connectivity index (χ3v) is 3.90. The van der Waals surface area contributed by atoms with Gasteiger partial charge in [-0.05, 0) is 49.3 Å². The van der Waals surface area contributed by atoms with Crippen molar-refractivity contribution < 1.29 is 0 Å². The van der Waals surface area contributed by atoms with Crippen molar-refractivity contribution in [2.24, 2.45) is 22.7 Å². The fourth-order valence-corrected chi connectivity index (χ4v) is 3.20. The van der Waals surface area contributed by atoms with Gasteiger partial charge in [-0.25, -0.2) is 0 Å². The van der Waals surface area contributed by atoms with Crippen molar-refractivity contribution in [3.8, 4) is 6.07 Å². The molecule has 76 valence electrons. The predicted molar refractivity (Wildman–Crippen MR) is 59.4 cm³/mol. The lowest BCUT2D eigenvalue weighted by molar-refractivity contribution is 0.202. The molecule has 2 bridgehead atoms.